The predicted molar refractivity (Wildman–Crippen MR) is 56.8 cm³/mol. The number of imide groups is 3. The Morgan fingerprint density at radius 3 is 1.67 bits per heavy atom. The highest BCUT2D eigenvalue weighted by molar-refractivity contribution is 6.12. The molecule has 0 radical (unpaired) electrons. The van der Waals surface area contributed by atoms with Crippen LogP contribution in [0.5, 0.6) is 0 Å². The number of rotatable bonds is 5. The second kappa shape index (κ2) is 7.67. The van der Waals surface area contributed by atoms with Crippen LogP contribution in [0.2, 0.25) is 0 Å². The van der Waals surface area contributed by atoms with Gasteiger partial charge >= 0.3 is 0 Å². The van der Waals surface area contributed by atoms with Gasteiger partial charge in [0.1, 0.15) is 0 Å². The van der Waals surface area contributed by atoms with E-state index in [2.05, 4.69) is 0 Å². The predicted octanol–water partition coefficient (Wildman–Crippen LogP) is 1.43. The molecule has 0 aliphatic rings. The zero-order chi connectivity index (χ0) is 11.7. The Morgan fingerprint density at radius 2 is 1.40 bits per heavy atom. The molecule has 0 spiro atoms. The van der Waals surface area contributed by atoms with E-state index in [0.29, 0.717) is 17.7 Å². The summed E-state index contributed by atoms with van der Waals surface area (Å²) < 4.78 is 0. The summed E-state index contributed by atoms with van der Waals surface area (Å²) in [5, 5.41) is 0. The molecule has 0 saturated heterocycles. The molecule has 0 bridgehead atoms. The van der Waals surface area contributed by atoms with Crippen LogP contribution in [0.3, 0.4) is 0 Å². The molecule has 0 aliphatic carbocycles. The molecular formula is C11H15NO3. The van der Waals surface area contributed by atoms with Gasteiger partial charge < -0.3 is 0 Å². The van der Waals surface area contributed by atoms with Crippen molar-refractivity contribution >= 4 is 18.2 Å². The molecule has 0 aromatic carbocycles. The number of hydrogen-bond donors (Lipinski definition) is 0. The molecule has 0 aliphatic heterocycles. The van der Waals surface area contributed by atoms with Crippen molar-refractivity contribution in [1.29, 1.82) is 0 Å². The molecule has 4 heteroatoms. The van der Waals surface area contributed by atoms with Crippen molar-refractivity contribution in [3.8, 4) is 0 Å². The Bertz CT molecular complexity index is 266. The van der Waals surface area contributed by atoms with E-state index in [4.69, 9.17) is 0 Å². The maximum absolute atomic E-state index is 11.3. The van der Waals surface area contributed by atoms with Crippen molar-refractivity contribution in [1.82, 2.24) is 4.90 Å². The quantitative estimate of drug-likeness (QED) is 0.508. The Balaban J connectivity index is 4.54. The fourth-order valence-electron chi connectivity index (χ4n) is 0.810. The fourth-order valence-corrected chi connectivity index (χ4v) is 0.810. The molecule has 0 aromatic rings. The van der Waals surface area contributed by atoms with E-state index in [1.807, 2.05) is 13.8 Å². The van der Waals surface area contributed by atoms with E-state index < -0.39 is 11.8 Å². The van der Waals surface area contributed by atoms with Gasteiger partial charge in [-0.3, -0.25) is 14.4 Å². The fraction of sp³-hybridized carbons (Fsp3) is 0.364. The Morgan fingerprint density at radius 1 is 1.00 bits per heavy atom. The van der Waals surface area contributed by atoms with Gasteiger partial charge in [-0.25, -0.2) is 4.90 Å². The molecule has 15 heavy (non-hydrogen) atoms. The Labute approximate surface area is 89.3 Å². The van der Waals surface area contributed by atoms with Crippen LogP contribution in [0, 0.1) is 0 Å². The van der Waals surface area contributed by atoms with E-state index in [1.165, 1.54) is 12.2 Å². The first-order chi connectivity index (χ1) is 7.17. The van der Waals surface area contributed by atoms with Crippen LogP contribution in [0.4, 0.5) is 0 Å². The summed E-state index contributed by atoms with van der Waals surface area (Å²) in [5.74, 6) is -1.23. The summed E-state index contributed by atoms with van der Waals surface area (Å²) in [6, 6.07) is 0. The molecule has 0 N–H and O–H groups in total. The lowest BCUT2D eigenvalue weighted by atomic mass is 10.3. The molecule has 3 amide bonds. The summed E-state index contributed by atoms with van der Waals surface area (Å²) in [5.41, 5.74) is 0. The standard InChI is InChI=1S/C11H15NO3/c1-3-5-7-10(14)12(9-13)11(15)8-6-4-2/h5-9H,3-4H2,1-2H3. The maximum Gasteiger partial charge on any atom is 0.259 e. The van der Waals surface area contributed by atoms with Crippen molar-refractivity contribution in [3.63, 3.8) is 0 Å². The van der Waals surface area contributed by atoms with E-state index in [-0.39, 0.29) is 6.41 Å². The minimum Gasteiger partial charge on any atom is -0.278 e. The van der Waals surface area contributed by atoms with Crippen molar-refractivity contribution < 1.29 is 14.4 Å². The van der Waals surface area contributed by atoms with Crippen LogP contribution in [-0.4, -0.2) is 23.1 Å². The minimum absolute atomic E-state index is 0.227. The van der Waals surface area contributed by atoms with Gasteiger partial charge in [0.2, 0.25) is 6.41 Å². The zero-order valence-electron chi connectivity index (χ0n) is 8.97. The number of hydrogen-bond acceptors (Lipinski definition) is 3. The number of allylic oxidation sites excluding steroid dienone is 2. The topological polar surface area (TPSA) is 54.5 Å². The summed E-state index contributed by atoms with van der Waals surface area (Å²) in [6.07, 6.45) is 7.20. The molecule has 4 nitrogen and oxygen atoms in total. The average Bonchev–Trinajstić information content (AvgIpc) is 2.24. The molecular weight excluding hydrogens is 194 g/mol. The largest absolute Gasteiger partial charge is 0.278 e. The van der Waals surface area contributed by atoms with Gasteiger partial charge in [-0.15, -0.1) is 0 Å². The zero-order valence-corrected chi connectivity index (χ0v) is 8.97. The van der Waals surface area contributed by atoms with E-state index in [9.17, 15) is 14.4 Å². The van der Waals surface area contributed by atoms with E-state index in [1.54, 1.807) is 12.2 Å². The molecule has 0 saturated carbocycles. The van der Waals surface area contributed by atoms with Gasteiger partial charge in [-0.05, 0) is 12.8 Å². The first-order valence-corrected chi connectivity index (χ1v) is 4.82. The number of amides is 3. The molecule has 0 rings (SSSR count). The Kier molecular flexibility index (Phi) is 6.80. The summed E-state index contributed by atoms with van der Waals surface area (Å²) in [7, 11) is 0. The molecule has 0 atom stereocenters. The highest BCUT2D eigenvalue weighted by Crippen LogP contribution is 1.93. The SMILES string of the molecule is CCC=CC(=O)N(C=O)C(=O)C=CCC. The second-order valence-corrected chi connectivity index (χ2v) is 2.77. The second-order valence-electron chi connectivity index (χ2n) is 2.77. The summed E-state index contributed by atoms with van der Waals surface area (Å²) in [6.45, 7) is 3.71. The molecule has 0 fully saturated rings. The average molecular weight is 209 g/mol. The third-order valence-electron chi connectivity index (χ3n) is 1.57. The maximum atomic E-state index is 11.3. The Hall–Kier alpha value is -1.71. The van der Waals surface area contributed by atoms with Crippen LogP contribution in [-0.2, 0) is 14.4 Å². The number of carbonyl (C=O) groups excluding carboxylic acids is 3. The molecule has 0 aromatic heterocycles. The van der Waals surface area contributed by atoms with E-state index in [0.717, 1.165) is 0 Å². The van der Waals surface area contributed by atoms with Crippen molar-refractivity contribution in [3.05, 3.63) is 24.3 Å². The lowest BCUT2D eigenvalue weighted by Gasteiger charge is -2.07. The first kappa shape index (κ1) is 13.3. The van der Waals surface area contributed by atoms with Crippen molar-refractivity contribution in [2.75, 3.05) is 0 Å². The summed E-state index contributed by atoms with van der Waals surface area (Å²) >= 11 is 0. The summed E-state index contributed by atoms with van der Waals surface area (Å²) in [4.78, 5) is 33.7. The minimum atomic E-state index is -0.613. The first-order valence-electron chi connectivity index (χ1n) is 4.82. The van der Waals surface area contributed by atoms with Crippen LogP contribution in [0.1, 0.15) is 26.7 Å². The van der Waals surface area contributed by atoms with Gasteiger partial charge in [-0.2, -0.15) is 0 Å². The lowest BCUT2D eigenvalue weighted by molar-refractivity contribution is -0.143. The van der Waals surface area contributed by atoms with Gasteiger partial charge in [-0.1, -0.05) is 26.0 Å². The van der Waals surface area contributed by atoms with Crippen molar-refractivity contribution in [2.45, 2.75) is 26.7 Å². The monoisotopic (exact) mass is 209 g/mol. The van der Waals surface area contributed by atoms with E-state index >= 15 is 0 Å². The van der Waals surface area contributed by atoms with Crippen LogP contribution < -0.4 is 0 Å². The molecule has 82 valence electrons. The normalized spacial score (nSPS) is 10.8. The van der Waals surface area contributed by atoms with Crippen LogP contribution >= 0.6 is 0 Å². The third-order valence-corrected chi connectivity index (χ3v) is 1.57. The van der Waals surface area contributed by atoms with Gasteiger partial charge in [0, 0.05) is 12.2 Å². The van der Waals surface area contributed by atoms with Crippen LogP contribution in [0.25, 0.3) is 0 Å². The lowest BCUT2D eigenvalue weighted by Crippen LogP contribution is -2.33. The van der Waals surface area contributed by atoms with Gasteiger partial charge in [0.15, 0.2) is 0 Å². The highest BCUT2D eigenvalue weighted by atomic mass is 16.2. The number of nitrogens with zero attached hydrogens (tertiary/aromatic N) is 1. The third kappa shape index (κ3) is 4.90. The van der Waals surface area contributed by atoms with Crippen LogP contribution in [0.15, 0.2) is 24.3 Å². The van der Waals surface area contributed by atoms with Gasteiger partial charge in [0.05, 0.1) is 0 Å². The molecule has 0 unspecified atom stereocenters. The smallest absolute Gasteiger partial charge is 0.259 e. The van der Waals surface area contributed by atoms with Crippen molar-refractivity contribution in [2.24, 2.45) is 0 Å². The number of carbonyl (C=O) groups is 3. The molecule has 0 heterocycles. The highest BCUT2D eigenvalue weighted by Gasteiger charge is 2.15. The van der Waals surface area contributed by atoms with Gasteiger partial charge in [0.25, 0.3) is 11.8 Å².